The Hall–Kier alpha value is -1.32. The van der Waals surface area contributed by atoms with Gasteiger partial charge in [0.15, 0.2) is 0 Å². The van der Waals surface area contributed by atoms with Gasteiger partial charge in [0.05, 0.1) is 13.0 Å². The van der Waals surface area contributed by atoms with Crippen LogP contribution in [0.15, 0.2) is 11.8 Å². The quantitative estimate of drug-likeness (QED) is 0.356. The van der Waals surface area contributed by atoms with Crippen LogP contribution < -0.4 is 0 Å². The molecule has 72 valence electrons. The second kappa shape index (κ2) is 3.60. The number of carbonyl (C=O) groups excluding carboxylic acids is 2. The summed E-state index contributed by atoms with van der Waals surface area (Å²) < 4.78 is 4.54. The van der Waals surface area contributed by atoms with E-state index in [1.54, 1.807) is 13.0 Å². The van der Waals surface area contributed by atoms with Crippen LogP contribution >= 0.6 is 0 Å². The number of ether oxygens (including phenoxy) is 1. The molecule has 1 amide bonds. The van der Waals surface area contributed by atoms with Crippen LogP contribution in [0.1, 0.15) is 13.8 Å². The minimum atomic E-state index is -0.456. The average Bonchev–Trinajstić information content (AvgIpc) is 2.16. The number of likely N-dealkylation sites (tertiary alicyclic amines) is 1. The van der Waals surface area contributed by atoms with Crippen molar-refractivity contribution in [3.8, 4) is 0 Å². The maximum absolute atomic E-state index is 11.3. The number of nitrogens with zero attached hydrogens (tertiary/aromatic N) is 1. The van der Waals surface area contributed by atoms with E-state index < -0.39 is 5.97 Å². The van der Waals surface area contributed by atoms with Crippen LogP contribution in [0.5, 0.6) is 0 Å². The Bertz CT molecular complexity index is 270. The largest absolute Gasteiger partial charge is 0.464 e. The summed E-state index contributed by atoms with van der Waals surface area (Å²) in [5.74, 6) is -0.444. The summed E-state index contributed by atoms with van der Waals surface area (Å²) in [4.78, 5) is 23.8. The molecule has 1 rings (SSSR count). The lowest BCUT2D eigenvalue weighted by molar-refractivity contribution is -0.150. The topological polar surface area (TPSA) is 46.6 Å². The molecule has 1 atom stereocenters. The monoisotopic (exact) mass is 183 g/mol. The molecule has 0 bridgehead atoms. The van der Waals surface area contributed by atoms with Gasteiger partial charge in [-0.05, 0) is 6.92 Å². The summed E-state index contributed by atoms with van der Waals surface area (Å²) in [6.07, 6.45) is 1.59. The van der Waals surface area contributed by atoms with Crippen molar-refractivity contribution in [2.24, 2.45) is 5.92 Å². The van der Waals surface area contributed by atoms with Crippen LogP contribution in [0.4, 0.5) is 0 Å². The van der Waals surface area contributed by atoms with E-state index in [0.29, 0.717) is 12.2 Å². The molecule has 1 saturated heterocycles. The predicted octanol–water partition coefficient (Wildman–Crippen LogP) is 0.542. The summed E-state index contributed by atoms with van der Waals surface area (Å²) in [6.45, 7) is 4.15. The van der Waals surface area contributed by atoms with Crippen LogP contribution in [0.25, 0.3) is 0 Å². The van der Waals surface area contributed by atoms with Gasteiger partial charge in [0.25, 0.3) is 0 Å². The molecule has 0 N–H and O–H groups in total. The molecule has 13 heavy (non-hydrogen) atoms. The lowest BCUT2D eigenvalue weighted by Gasteiger charge is -2.36. The first kappa shape index (κ1) is 9.77. The van der Waals surface area contributed by atoms with Gasteiger partial charge >= 0.3 is 5.97 Å². The van der Waals surface area contributed by atoms with Crippen molar-refractivity contribution in [2.75, 3.05) is 13.7 Å². The van der Waals surface area contributed by atoms with E-state index in [4.69, 9.17) is 0 Å². The molecule has 4 nitrogen and oxygen atoms in total. The highest BCUT2D eigenvalue weighted by Gasteiger charge is 2.37. The summed E-state index contributed by atoms with van der Waals surface area (Å²) in [7, 11) is 1.31. The maximum Gasteiger partial charge on any atom is 0.354 e. The van der Waals surface area contributed by atoms with E-state index in [9.17, 15) is 9.59 Å². The fourth-order valence-electron chi connectivity index (χ4n) is 1.30. The predicted molar refractivity (Wildman–Crippen MR) is 46.7 cm³/mol. The number of allylic oxidation sites excluding steroid dienone is 1. The Morgan fingerprint density at radius 3 is 2.62 bits per heavy atom. The first-order valence-corrected chi connectivity index (χ1v) is 4.17. The number of esters is 1. The van der Waals surface area contributed by atoms with Crippen molar-refractivity contribution >= 4 is 11.9 Å². The summed E-state index contributed by atoms with van der Waals surface area (Å²) in [5, 5.41) is 0. The molecule has 0 spiro atoms. The Labute approximate surface area is 77.2 Å². The van der Waals surface area contributed by atoms with E-state index in [1.807, 2.05) is 6.92 Å². The molecule has 1 heterocycles. The third-order valence-corrected chi connectivity index (χ3v) is 2.10. The minimum absolute atomic E-state index is 0.0153. The molecule has 1 aliphatic rings. The second-order valence-electron chi connectivity index (χ2n) is 3.02. The van der Waals surface area contributed by atoms with Gasteiger partial charge in [-0.25, -0.2) is 4.79 Å². The summed E-state index contributed by atoms with van der Waals surface area (Å²) >= 11 is 0. The molecule has 4 heteroatoms. The van der Waals surface area contributed by atoms with E-state index in [0.717, 1.165) is 0 Å². The fourth-order valence-corrected chi connectivity index (χ4v) is 1.30. The van der Waals surface area contributed by atoms with E-state index in [-0.39, 0.29) is 11.8 Å². The molecular formula is C9H13NO3. The van der Waals surface area contributed by atoms with Crippen molar-refractivity contribution in [1.29, 1.82) is 0 Å². The Balaban J connectivity index is 2.71. The molecule has 0 aromatic carbocycles. The molecule has 0 aromatic heterocycles. The van der Waals surface area contributed by atoms with Gasteiger partial charge in [0.2, 0.25) is 5.91 Å². The standard InChI is InChI=1S/C9H13NO3/c1-4-7(9(12)13-3)10-5-6(2)8(10)11/h4,6H,5H2,1-3H3/b7-4-. The van der Waals surface area contributed by atoms with Crippen molar-refractivity contribution in [3.05, 3.63) is 11.8 Å². The van der Waals surface area contributed by atoms with Gasteiger partial charge in [0.1, 0.15) is 5.70 Å². The van der Waals surface area contributed by atoms with Crippen LogP contribution in [0, 0.1) is 5.92 Å². The molecule has 0 aliphatic carbocycles. The first-order valence-electron chi connectivity index (χ1n) is 4.17. The van der Waals surface area contributed by atoms with Gasteiger partial charge in [-0.15, -0.1) is 0 Å². The number of methoxy groups -OCH3 is 1. The van der Waals surface area contributed by atoms with E-state index in [1.165, 1.54) is 12.0 Å². The molecule has 1 aliphatic heterocycles. The molecule has 0 radical (unpaired) electrons. The molecule has 1 fully saturated rings. The van der Waals surface area contributed by atoms with Gasteiger partial charge in [0, 0.05) is 6.54 Å². The van der Waals surface area contributed by atoms with Crippen LogP contribution in [-0.4, -0.2) is 30.4 Å². The smallest absolute Gasteiger partial charge is 0.354 e. The highest BCUT2D eigenvalue weighted by atomic mass is 16.5. The second-order valence-corrected chi connectivity index (χ2v) is 3.02. The third kappa shape index (κ3) is 1.56. The highest BCUT2D eigenvalue weighted by molar-refractivity contribution is 5.97. The molecule has 1 unspecified atom stereocenters. The molecular weight excluding hydrogens is 170 g/mol. The molecule has 0 aromatic rings. The Morgan fingerprint density at radius 2 is 2.31 bits per heavy atom. The summed E-state index contributed by atoms with van der Waals surface area (Å²) in [5.41, 5.74) is 0.339. The first-order chi connectivity index (χ1) is 6.11. The third-order valence-electron chi connectivity index (χ3n) is 2.10. The fraction of sp³-hybridized carbons (Fsp3) is 0.556. The number of amides is 1. The lowest BCUT2D eigenvalue weighted by Crippen LogP contribution is -2.51. The Kier molecular flexibility index (Phi) is 2.70. The van der Waals surface area contributed by atoms with Crippen molar-refractivity contribution in [3.63, 3.8) is 0 Å². The lowest BCUT2D eigenvalue weighted by atomic mass is 10.0. The van der Waals surface area contributed by atoms with E-state index in [2.05, 4.69) is 4.74 Å². The summed E-state index contributed by atoms with van der Waals surface area (Å²) in [6, 6.07) is 0. The zero-order chi connectivity index (χ0) is 10.0. The van der Waals surface area contributed by atoms with Crippen molar-refractivity contribution in [1.82, 2.24) is 4.90 Å². The van der Waals surface area contributed by atoms with E-state index >= 15 is 0 Å². The number of hydrogen-bond acceptors (Lipinski definition) is 3. The zero-order valence-corrected chi connectivity index (χ0v) is 8.03. The normalized spacial score (nSPS) is 22.7. The SMILES string of the molecule is C/C=C(/C(=O)OC)N1CC(C)C1=O. The van der Waals surface area contributed by atoms with Crippen LogP contribution in [0.2, 0.25) is 0 Å². The van der Waals surface area contributed by atoms with Crippen LogP contribution in [-0.2, 0) is 14.3 Å². The van der Waals surface area contributed by atoms with Gasteiger partial charge in [-0.1, -0.05) is 13.0 Å². The van der Waals surface area contributed by atoms with Crippen molar-refractivity contribution in [2.45, 2.75) is 13.8 Å². The number of carbonyl (C=O) groups is 2. The zero-order valence-electron chi connectivity index (χ0n) is 8.03. The van der Waals surface area contributed by atoms with Gasteiger partial charge < -0.3 is 9.64 Å². The van der Waals surface area contributed by atoms with Gasteiger partial charge in [-0.2, -0.15) is 0 Å². The maximum atomic E-state index is 11.3. The number of β-lactam (4-membered cyclic amide) rings is 1. The number of rotatable bonds is 2. The Morgan fingerprint density at radius 1 is 1.69 bits per heavy atom. The van der Waals surface area contributed by atoms with Gasteiger partial charge in [-0.3, -0.25) is 4.79 Å². The minimum Gasteiger partial charge on any atom is -0.464 e. The van der Waals surface area contributed by atoms with Crippen molar-refractivity contribution < 1.29 is 14.3 Å². The number of hydrogen-bond donors (Lipinski definition) is 0. The molecule has 0 saturated carbocycles. The average molecular weight is 183 g/mol. The van der Waals surface area contributed by atoms with Crippen LogP contribution in [0.3, 0.4) is 0 Å². The highest BCUT2D eigenvalue weighted by Crippen LogP contribution is 2.22.